The smallest absolute Gasteiger partial charge is 0.214 e. The second kappa shape index (κ2) is 4.94. The molecule has 0 amide bonds. The van der Waals surface area contributed by atoms with Gasteiger partial charge in [0.05, 0.1) is 12.3 Å². The minimum atomic E-state index is -3.20. The second-order valence-electron chi connectivity index (χ2n) is 4.08. The van der Waals surface area contributed by atoms with Gasteiger partial charge in [0.15, 0.2) is 0 Å². The van der Waals surface area contributed by atoms with E-state index in [-0.39, 0.29) is 18.1 Å². The first-order chi connectivity index (χ1) is 6.95. The first-order valence-electron chi connectivity index (χ1n) is 5.26. The zero-order valence-corrected chi connectivity index (χ0v) is 9.89. The van der Waals surface area contributed by atoms with Crippen LogP contribution in [-0.4, -0.2) is 37.4 Å². The summed E-state index contributed by atoms with van der Waals surface area (Å²) in [6, 6.07) is 0. The lowest BCUT2D eigenvalue weighted by atomic mass is 10.4. The second-order valence-corrected chi connectivity index (χ2v) is 6.09. The average molecular weight is 233 g/mol. The van der Waals surface area contributed by atoms with Crippen LogP contribution in [0.3, 0.4) is 0 Å². The van der Waals surface area contributed by atoms with E-state index in [9.17, 15) is 8.42 Å². The van der Waals surface area contributed by atoms with Crippen LogP contribution in [0.4, 0.5) is 0 Å². The lowest BCUT2D eigenvalue weighted by molar-refractivity contribution is 0.445. The summed E-state index contributed by atoms with van der Waals surface area (Å²) in [7, 11) is -3.20. The Morgan fingerprint density at radius 2 is 2.13 bits per heavy atom. The maximum absolute atomic E-state index is 11.9. The molecule has 0 bridgehead atoms. The first kappa shape index (κ1) is 12.4. The number of nitrogens with two attached hydrogens (primary N) is 1. The highest BCUT2D eigenvalue weighted by molar-refractivity contribution is 7.89. The third-order valence-electron chi connectivity index (χ3n) is 2.36. The number of sulfonamides is 1. The Balaban J connectivity index is 2.62. The lowest BCUT2D eigenvalue weighted by Crippen LogP contribution is -2.40. The fourth-order valence-corrected chi connectivity index (χ4v) is 3.38. The van der Waals surface area contributed by atoms with Gasteiger partial charge in [0.2, 0.25) is 10.0 Å². The molecule has 0 aliphatic heterocycles. The van der Waals surface area contributed by atoms with Crippen LogP contribution in [0.15, 0.2) is 0 Å². The molecular weight excluding hydrogens is 214 g/mol. The molecular formula is C9H19N3O2S. The zero-order valence-electron chi connectivity index (χ0n) is 9.07. The van der Waals surface area contributed by atoms with Gasteiger partial charge in [0, 0.05) is 6.54 Å². The van der Waals surface area contributed by atoms with Gasteiger partial charge in [-0.1, -0.05) is 6.92 Å². The summed E-state index contributed by atoms with van der Waals surface area (Å²) in [6.07, 6.45) is 2.77. The molecule has 0 aromatic carbocycles. The molecule has 1 saturated carbocycles. The summed E-state index contributed by atoms with van der Waals surface area (Å²) in [4.78, 5) is 0. The van der Waals surface area contributed by atoms with Crippen molar-refractivity contribution in [3.05, 3.63) is 0 Å². The lowest BCUT2D eigenvalue weighted by Gasteiger charge is -2.20. The van der Waals surface area contributed by atoms with E-state index in [1.54, 1.807) is 0 Å². The molecule has 0 aromatic rings. The van der Waals surface area contributed by atoms with E-state index in [0.29, 0.717) is 12.5 Å². The predicted octanol–water partition coefficient (Wildman–Crippen LogP) is 0.374. The van der Waals surface area contributed by atoms with Gasteiger partial charge >= 0.3 is 0 Å². The summed E-state index contributed by atoms with van der Waals surface area (Å²) in [6.45, 7) is 2.40. The fourth-order valence-electron chi connectivity index (χ4n) is 1.44. The number of hydrogen-bond acceptors (Lipinski definition) is 3. The molecule has 1 rings (SSSR count). The van der Waals surface area contributed by atoms with Crippen LogP contribution in [0.5, 0.6) is 0 Å². The quantitative estimate of drug-likeness (QED) is 0.492. The van der Waals surface area contributed by atoms with Crippen molar-refractivity contribution in [2.24, 2.45) is 11.7 Å². The van der Waals surface area contributed by atoms with Gasteiger partial charge in [-0.05, 0) is 25.2 Å². The van der Waals surface area contributed by atoms with Crippen molar-refractivity contribution in [3.8, 4) is 0 Å². The summed E-state index contributed by atoms with van der Waals surface area (Å²) < 4.78 is 25.1. The van der Waals surface area contributed by atoms with Gasteiger partial charge in [-0.2, -0.15) is 4.31 Å². The highest BCUT2D eigenvalue weighted by atomic mass is 32.2. The van der Waals surface area contributed by atoms with Crippen LogP contribution >= 0.6 is 0 Å². The van der Waals surface area contributed by atoms with Gasteiger partial charge in [-0.25, -0.2) is 8.42 Å². The first-order valence-corrected chi connectivity index (χ1v) is 6.87. The fraction of sp³-hybridized carbons (Fsp3) is 0.889. The Labute approximate surface area is 91.2 Å². The Morgan fingerprint density at radius 1 is 1.53 bits per heavy atom. The molecule has 0 heterocycles. The van der Waals surface area contributed by atoms with E-state index in [1.165, 1.54) is 4.31 Å². The van der Waals surface area contributed by atoms with Crippen LogP contribution < -0.4 is 5.73 Å². The summed E-state index contributed by atoms with van der Waals surface area (Å²) in [5.41, 5.74) is 5.24. The van der Waals surface area contributed by atoms with Crippen molar-refractivity contribution < 1.29 is 8.42 Å². The van der Waals surface area contributed by atoms with Crippen molar-refractivity contribution in [3.63, 3.8) is 0 Å². The van der Waals surface area contributed by atoms with Crippen molar-refractivity contribution in [2.75, 3.05) is 18.8 Å². The molecule has 0 aromatic heterocycles. The molecule has 0 unspecified atom stereocenters. The average Bonchev–Trinajstić information content (AvgIpc) is 2.86. The number of nitrogens with one attached hydrogen (secondary N) is 1. The summed E-state index contributed by atoms with van der Waals surface area (Å²) >= 11 is 0. The van der Waals surface area contributed by atoms with Gasteiger partial charge in [-0.3, -0.25) is 5.41 Å². The van der Waals surface area contributed by atoms with E-state index in [1.807, 2.05) is 6.92 Å². The Hall–Kier alpha value is -0.620. The Kier molecular flexibility index (Phi) is 4.10. The minimum absolute atomic E-state index is 0.0306. The molecule has 1 fully saturated rings. The van der Waals surface area contributed by atoms with E-state index < -0.39 is 10.0 Å². The van der Waals surface area contributed by atoms with Crippen molar-refractivity contribution in [2.45, 2.75) is 26.2 Å². The highest BCUT2D eigenvalue weighted by Gasteiger charge is 2.31. The predicted molar refractivity (Wildman–Crippen MR) is 60.3 cm³/mol. The number of hydrogen-bond donors (Lipinski definition) is 2. The van der Waals surface area contributed by atoms with Gasteiger partial charge in [-0.15, -0.1) is 0 Å². The third kappa shape index (κ3) is 4.17. The largest absolute Gasteiger partial charge is 0.387 e. The van der Waals surface area contributed by atoms with Crippen LogP contribution in [0, 0.1) is 11.3 Å². The van der Waals surface area contributed by atoms with Gasteiger partial charge in [0.25, 0.3) is 0 Å². The van der Waals surface area contributed by atoms with E-state index in [0.717, 1.165) is 19.3 Å². The van der Waals surface area contributed by atoms with Gasteiger partial charge < -0.3 is 5.73 Å². The third-order valence-corrected chi connectivity index (χ3v) is 4.35. The monoisotopic (exact) mass is 233 g/mol. The molecule has 88 valence electrons. The molecule has 1 aliphatic carbocycles. The summed E-state index contributed by atoms with van der Waals surface area (Å²) in [5.74, 6) is 0.462. The van der Waals surface area contributed by atoms with Crippen molar-refractivity contribution in [1.82, 2.24) is 4.31 Å². The Morgan fingerprint density at radius 3 is 2.53 bits per heavy atom. The summed E-state index contributed by atoms with van der Waals surface area (Å²) in [5, 5.41) is 7.15. The van der Waals surface area contributed by atoms with Crippen molar-refractivity contribution in [1.29, 1.82) is 5.41 Å². The highest BCUT2D eigenvalue weighted by Crippen LogP contribution is 2.31. The molecule has 0 atom stereocenters. The molecule has 15 heavy (non-hydrogen) atoms. The van der Waals surface area contributed by atoms with E-state index >= 15 is 0 Å². The maximum atomic E-state index is 11.9. The SMILES string of the molecule is CCCN(CC(=N)N)S(=O)(=O)CC1CC1. The molecule has 1 aliphatic rings. The zero-order chi connectivity index (χ0) is 11.5. The Bertz CT molecular complexity index is 322. The topological polar surface area (TPSA) is 87.2 Å². The number of nitrogens with zero attached hydrogens (tertiary/aromatic N) is 1. The molecule has 5 nitrogen and oxygen atoms in total. The minimum Gasteiger partial charge on any atom is -0.387 e. The van der Waals surface area contributed by atoms with Crippen LogP contribution in [0.1, 0.15) is 26.2 Å². The van der Waals surface area contributed by atoms with Gasteiger partial charge in [0.1, 0.15) is 5.84 Å². The molecule has 0 radical (unpaired) electrons. The maximum Gasteiger partial charge on any atom is 0.214 e. The molecule has 0 saturated heterocycles. The van der Waals surface area contributed by atoms with E-state index in [2.05, 4.69) is 0 Å². The van der Waals surface area contributed by atoms with Crippen LogP contribution in [0.2, 0.25) is 0 Å². The van der Waals surface area contributed by atoms with E-state index in [4.69, 9.17) is 11.1 Å². The molecule has 0 spiro atoms. The molecule has 3 N–H and O–H groups in total. The number of rotatable bonds is 7. The number of amidine groups is 1. The van der Waals surface area contributed by atoms with Crippen LogP contribution in [0.25, 0.3) is 0 Å². The van der Waals surface area contributed by atoms with Crippen LogP contribution in [-0.2, 0) is 10.0 Å². The van der Waals surface area contributed by atoms with Crippen molar-refractivity contribution >= 4 is 15.9 Å². The molecule has 6 heteroatoms. The standard InChI is InChI=1S/C9H19N3O2S/c1-2-5-12(6-9(10)11)15(13,14)7-8-3-4-8/h8H,2-7H2,1H3,(H3,10,11). The normalized spacial score (nSPS) is 16.9.